The normalized spacial score (nSPS) is 12.6. The van der Waals surface area contributed by atoms with Crippen LogP contribution in [0.5, 0.6) is 0 Å². The van der Waals surface area contributed by atoms with Gasteiger partial charge in [-0.3, -0.25) is 4.79 Å². The van der Waals surface area contributed by atoms with Crippen LogP contribution in [0.3, 0.4) is 0 Å². The maximum atomic E-state index is 11.7. The van der Waals surface area contributed by atoms with Crippen molar-refractivity contribution >= 4 is 5.97 Å². The summed E-state index contributed by atoms with van der Waals surface area (Å²) in [7, 11) is 0. The molecule has 0 unspecified atom stereocenters. The highest BCUT2D eigenvalue weighted by molar-refractivity contribution is 5.69. The molecule has 0 rings (SSSR count). The van der Waals surface area contributed by atoms with Crippen molar-refractivity contribution in [2.45, 2.75) is 77.6 Å². The first-order valence-corrected chi connectivity index (χ1v) is 11.1. The van der Waals surface area contributed by atoms with Crippen molar-refractivity contribution in [3.63, 3.8) is 0 Å². The summed E-state index contributed by atoms with van der Waals surface area (Å²) in [6.45, 7) is 1.25. The van der Waals surface area contributed by atoms with Crippen LogP contribution in [-0.2, 0) is 9.53 Å². The maximum Gasteiger partial charge on any atom is 0.305 e. The van der Waals surface area contributed by atoms with Crippen LogP contribution in [0.1, 0.15) is 77.6 Å². The molecule has 3 N–H and O–H groups in total. The number of carbonyl (C=O) groups is 1. The Labute approximate surface area is 177 Å². The molecule has 0 saturated carbocycles. The summed E-state index contributed by atoms with van der Waals surface area (Å²) < 4.78 is 5.13. The summed E-state index contributed by atoms with van der Waals surface area (Å²) in [5.74, 6) is -0.256. The van der Waals surface area contributed by atoms with Gasteiger partial charge in [-0.2, -0.15) is 0 Å². The maximum absolute atomic E-state index is 11.7. The van der Waals surface area contributed by atoms with E-state index in [1.807, 2.05) is 0 Å². The molecule has 0 aliphatic carbocycles. The van der Waals surface area contributed by atoms with Gasteiger partial charge in [-0.25, -0.2) is 0 Å². The van der Waals surface area contributed by atoms with E-state index < -0.39 is 5.41 Å². The lowest BCUT2D eigenvalue weighted by atomic mass is 9.88. The fourth-order valence-electron chi connectivity index (χ4n) is 2.73. The summed E-state index contributed by atoms with van der Waals surface area (Å²) >= 11 is 0. The third kappa shape index (κ3) is 16.1. The van der Waals surface area contributed by atoms with Crippen LogP contribution in [0.2, 0.25) is 0 Å². The van der Waals surface area contributed by atoms with Crippen molar-refractivity contribution in [3.8, 4) is 0 Å². The predicted molar refractivity (Wildman–Crippen MR) is 119 cm³/mol. The minimum atomic E-state index is -0.975. The minimum absolute atomic E-state index is 0.109. The van der Waals surface area contributed by atoms with Crippen LogP contribution < -0.4 is 0 Å². The highest BCUT2D eigenvalue weighted by Crippen LogP contribution is 2.20. The van der Waals surface area contributed by atoms with E-state index in [1.165, 1.54) is 12.8 Å². The number of esters is 1. The van der Waals surface area contributed by atoms with Crippen molar-refractivity contribution in [1.29, 1.82) is 0 Å². The highest BCUT2D eigenvalue weighted by Gasteiger charge is 2.28. The Balaban J connectivity index is 3.53. The Bertz CT molecular complexity index is 456. The minimum Gasteiger partial charge on any atom is -0.466 e. The summed E-state index contributed by atoms with van der Waals surface area (Å²) in [5.41, 5.74) is -0.975. The largest absolute Gasteiger partial charge is 0.466 e. The number of ether oxygens (including phenoxy) is 1. The molecule has 0 atom stereocenters. The molecular weight excluding hydrogens is 368 g/mol. The van der Waals surface area contributed by atoms with E-state index in [0.29, 0.717) is 6.42 Å². The van der Waals surface area contributed by atoms with E-state index in [0.717, 1.165) is 44.9 Å². The molecule has 0 radical (unpaired) electrons. The molecule has 5 nitrogen and oxygen atoms in total. The molecule has 0 spiro atoms. The summed E-state index contributed by atoms with van der Waals surface area (Å²) in [6.07, 6.45) is 23.4. The van der Waals surface area contributed by atoms with Crippen LogP contribution in [0.25, 0.3) is 0 Å². The molecule has 168 valence electrons. The second-order valence-electron chi connectivity index (χ2n) is 7.55. The van der Waals surface area contributed by atoms with Gasteiger partial charge in [0.1, 0.15) is 0 Å². The van der Waals surface area contributed by atoms with Crippen molar-refractivity contribution in [2.24, 2.45) is 5.41 Å². The number of hydrogen-bond acceptors (Lipinski definition) is 5. The molecule has 0 bridgehead atoms. The van der Waals surface area contributed by atoms with Crippen LogP contribution in [0.4, 0.5) is 0 Å². The molecule has 0 heterocycles. The van der Waals surface area contributed by atoms with Gasteiger partial charge in [-0.05, 0) is 44.9 Å². The number of aliphatic hydroxyl groups is 3. The number of rotatable bonds is 19. The predicted octanol–water partition coefficient (Wildman–Crippen LogP) is 4.47. The molecule has 0 amide bonds. The van der Waals surface area contributed by atoms with Crippen LogP contribution in [-0.4, -0.2) is 47.7 Å². The molecule has 0 aromatic carbocycles. The van der Waals surface area contributed by atoms with Gasteiger partial charge in [0.15, 0.2) is 0 Å². The van der Waals surface area contributed by atoms with E-state index in [2.05, 4.69) is 43.4 Å². The number of hydrogen-bond donors (Lipinski definition) is 3. The van der Waals surface area contributed by atoms with Crippen LogP contribution in [0, 0.1) is 5.41 Å². The fourth-order valence-corrected chi connectivity index (χ4v) is 2.73. The number of aliphatic hydroxyl groups excluding tert-OH is 3. The van der Waals surface area contributed by atoms with Gasteiger partial charge in [0.05, 0.1) is 26.4 Å². The van der Waals surface area contributed by atoms with E-state index >= 15 is 0 Å². The summed E-state index contributed by atoms with van der Waals surface area (Å²) in [4.78, 5) is 11.7. The van der Waals surface area contributed by atoms with Gasteiger partial charge in [0.25, 0.3) is 0 Å². The molecule has 0 aliphatic heterocycles. The third-order valence-electron chi connectivity index (χ3n) is 4.93. The molecular formula is C24H42O5. The molecule has 0 aliphatic rings. The quantitative estimate of drug-likeness (QED) is 0.166. The first-order chi connectivity index (χ1) is 14.1. The SMILES string of the molecule is CC/C=C\C/C=C\C/C=C\CCCCCCCC(=O)OCCC(CO)(CO)CO. The standard InChI is InChI=1S/C24H42O5/c1-2-3-4-5-6-7-8-9-10-11-12-13-14-15-16-17-23(28)29-19-18-24(20-25,21-26)22-27/h3-4,6-7,9-10,25-27H,2,5,8,11-22H2,1H3/b4-3-,7-6-,10-9-. The Morgan fingerprint density at radius 3 is 1.97 bits per heavy atom. The van der Waals surface area contributed by atoms with E-state index in [-0.39, 0.29) is 38.8 Å². The molecule has 0 fully saturated rings. The monoisotopic (exact) mass is 410 g/mol. The third-order valence-corrected chi connectivity index (χ3v) is 4.93. The number of allylic oxidation sites excluding steroid dienone is 6. The zero-order valence-corrected chi connectivity index (χ0v) is 18.2. The lowest BCUT2D eigenvalue weighted by molar-refractivity contribution is -0.145. The average Bonchev–Trinajstić information content (AvgIpc) is 2.74. The van der Waals surface area contributed by atoms with Gasteiger partial charge in [-0.15, -0.1) is 0 Å². The summed E-state index contributed by atoms with van der Waals surface area (Å²) in [5, 5.41) is 27.7. The van der Waals surface area contributed by atoms with Crippen molar-refractivity contribution < 1.29 is 24.9 Å². The van der Waals surface area contributed by atoms with Gasteiger partial charge >= 0.3 is 5.97 Å². The lowest BCUT2D eigenvalue weighted by Crippen LogP contribution is -2.35. The van der Waals surface area contributed by atoms with E-state index in [9.17, 15) is 20.1 Å². The molecule has 5 heteroatoms. The Morgan fingerprint density at radius 1 is 0.793 bits per heavy atom. The zero-order valence-electron chi connectivity index (χ0n) is 18.2. The van der Waals surface area contributed by atoms with E-state index in [1.54, 1.807) is 0 Å². The summed E-state index contributed by atoms with van der Waals surface area (Å²) in [6, 6.07) is 0. The van der Waals surface area contributed by atoms with Crippen molar-refractivity contribution in [3.05, 3.63) is 36.5 Å². The zero-order chi connectivity index (χ0) is 21.6. The van der Waals surface area contributed by atoms with E-state index in [4.69, 9.17) is 4.74 Å². The van der Waals surface area contributed by atoms with Crippen molar-refractivity contribution in [1.82, 2.24) is 0 Å². The first-order valence-electron chi connectivity index (χ1n) is 11.1. The van der Waals surface area contributed by atoms with Crippen LogP contribution >= 0.6 is 0 Å². The Hall–Kier alpha value is -1.43. The van der Waals surface area contributed by atoms with Gasteiger partial charge in [0.2, 0.25) is 0 Å². The molecule has 0 aromatic heterocycles. The fraction of sp³-hybridized carbons (Fsp3) is 0.708. The lowest BCUT2D eigenvalue weighted by Gasteiger charge is -2.26. The molecule has 29 heavy (non-hydrogen) atoms. The number of unbranched alkanes of at least 4 members (excludes halogenated alkanes) is 5. The average molecular weight is 411 g/mol. The smallest absolute Gasteiger partial charge is 0.305 e. The Morgan fingerprint density at radius 2 is 1.34 bits per heavy atom. The Kier molecular flexibility index (Phi) is 18.9. The van der Waals surface area contributed by atoms with Crippen LogP contribution in [0.15, 0.2) is 36.5 Å². The molecule has 0 saturated heterocycles. The van der Waals surface area contributed by atoms with Gasteiger partial charge in [0, 0.05) is 11.8 Å². The second-order valence-corrected chi connectivity index (χ2v) is 7.55. The second kappa shape index (κ2) is 19.9. The highest BCUT2D eigenvalue weighted by atomic mass is 16.5. The number of carbonyl (C=O) groups excluding carboxylic acids is 1. The van der Waals surface area contributed by atoms with Gasteiger partial charge < -0.3 is 20.1 Å². The van der Waals surface area contributed by atoms with Gasteiger partial charge in [-0.1, -0.05) is 62.6 Å². The van der Waals surface area contributed by atoms with Crippen molar-refractivity contribution in [2.75, 3.05) is 26.4 Å². The molecule has 0 aromatic rings. The first kappa shape index (κ1) is 27.6. The topological polar surface area (TPSA) is 87.0 Å².